The molecule has 1 aromatic rings. The van der Waals surface area contributed by atoms with Gasteiger partial charge in [0.1, 0.15) is 5.69 Å². The van der Waals surface area contributed by atoms with Gasteiger partial charge < -0.3 is 10.8 Å². The summed E-state index contributed by atoms with van der Waals surface area (Å²) in [7, 11) is 0. The molecule has 0 saturated carbocycles. The molecule has 0 aliphatic rings. The van der Waals surface area contributed by atoms with Gasteiger partial charge in [-0.25, -0.2) is 13.8 Å². The Balaban J connectivity index is 2.85. The summed E-state index contributed by atoms with van der Waals surface area (Å²) in [6.07, 6.45) is -1.02. The Morgan fingerprint density at radius 1 is 1.47 bits per heavy atom. The second-order valence-electron chi connectivity index (χ2n) is 2.87. The summed E-state index contributed by atoms with van der Waals surface area (Å²) in [4.78, 5) is 17.4. The molecule has 15 heavy (non-hydrogen) atoms. The maximum Gasteiger partial charge on any atom is 0.305 e. The molecule has 0 aliphatic carbocycles. The molecule has 0 spiro atoms. The van der Waals surface area contributed by atoms with Gasteiger partial charge in [-0.15, -0.1) is 0 Å². The van der Waals surface area contributed by atoms with Crippen molar-refractivity contribution >= 4 is 5.97 Å². The Morgan fingerprint density at radius 2 is 2.07 bits per heavy atom. The van der Waals surface area contributed by atoms with Gasteiger partial charge in [0.15, 0.2) is 0 Å². The van der Waals surface area contributed by atoms with Crippen LogP contribution in [0.4, 0.5) is 8.78 Å². The standard InChI is InChI=1S/C8H9F2N3O2/c9-8(10)6-3-12-2-5(13-6)4(11)1-7(14)15/h2-4,8H,1,11H2,(H,14,15). The van der Waals surface area contributed by atoms with E-state index >= 15 is 0 Å². The molecule has 1 aromatic heterocycles. The van der Waals surface area contributed by atoms with E-state index in [1.165, 1.54) is 6.20 Å². The van der Waals surface area contributed by atoms with Crippen molar-refractivity contribution in [1.82, 2.24) is 9.97 Å². The van der Waals surface area contributed by atoms with Gasteiger partial charge >= 0.3 is 5.97 Å². The predicted octanol–water partition coefficient (Wildman–Crippen LogP) is 0.889. The molecule has 82 valence electrons. The van der Waals surface area contributed by atoms with Crippen molar-refractivity contribution in [2.45, 2.75) is 18.9 Å². The van der Waals surface area contributed by atoms with Crippen molar-refractivity contribution < 1.29 is 18.7 Å². The highest BCUT2D eigenvalue weighted by atomic mass is 19.3. The van der Waals surface area contributed by atoms with Crippen LogP contribution in [-0.4, -0.2) is 21.0 Å². The number of rotatable bonds is 4. The number of aliphatic carboxylic acids is 1. The van der Waals surface area contributed by atoms with Crippen molar-refractivity contribution in [3.05, 3.63) is 23.8 Å². The van der Waals surface area contributed by atoms with Crippen LogP contribution in [0.3, 0.4) is 0 Å². The third kappa shape index (κ3) is 3.21. The molecule has 5 nitrogen and oxygen atoms in total. The van der Waals surface area contributed by atoms with Gasteiger partial charge in [0.2, 0.25) is 0 Å². The first-order chi connectivity index (χ1) is 7.00. The number of alkyl halides is 2. The van der Waals surface area contributed by atoms with Gasteiger partial charge in [0, 0.05) is 0 Å². The molecule has 0 bridgehead atoms. The molecule has 0 saturated heterocycles. The van der Waals surface area contributed by atoms with E-state index < -0.39 is 24.1 Å². The maximum atomic E-state index is 12.2. The fourth-order valence-electron chi connectivity index (χ4n) is 0.973. The zero-order valence-electron chi connectivity index (χ0n) is 7.60. The quantitative estimate of drug-likeness (QED) is 0.781. The Morgan fingerprint density at radius 3 is 2.60 bits per heavy atom. The average molecular weight is 217 g/mol. The van der Waals surface area contributed by atoms with Crippen LogP contribution in [-0.2, 0) is 4.79 Å². The number of hydrogen-bond donors (Lipinski definition) is 2. The third-order valence-corrected chi connectivity index (χ3v) is 1.67. The Hall–Kier alpha value is -1.63. The molecule has 1 rings (SSSR count). The lowest BCUT2D eigenvalue weighted by Crippen LogP contribution is -2.17. The first kappa shape index (κ1) is 11.4. The number of aromatic nitrogens is 2. The highest BCUT2D eigenvalue weighted by Gasteiger charge is 2.15. The Kier molecular flexibility index (Phi) is 3.62. The molecule has 7 heteroatoms. The smallest absolute Gasteiger partial charge is 0.305 e. The molecule has 0 amide bonds. The number of nitrogens with two attached hydrogens (primary N) is 1. The van der Waals surface area contributed by atoms with Gasteiger partial charge in [0.25, 0.3) is 6.43 Å². The van der Waals surface area contributed by atoms with Gasteiger partial charge in [-0.1, -0.05) is 0 Å². The minimum absolute atomic E-state index is 0.0511. The second kappa shape index (κ2) is 4.74. The predicted molar refractivity (Wildman–Crippen MR) is 46.2 cm³/mol. The van der Waals surface area contributed by atoms with Crippen LogP contribution < -0.4 is 5.73 Å². The van der Waals surface area contributed by atoms with Crippen molar-refractivity contribution in [2.75, 3.05) is 0 Å². The lowest BCUT2D eigenvalue weighted by atomic mass is 10.1. The van der Waals surface area contributed by atoms with E-state index in [0.29, 0.717) is 0 Å². The minimum Gasteiger partial charge on any atom is -0.481 e. The molecule has 1 atom stereocenters. The number of carboxylic acids is 1. The van der Waals surface area contributed by atoms with Crippen molar-refractivity contribution in [2.24, 2.45) is 5.73 Å². The van der Waals surface area contributed by atoms with Gasteiger partial charge in [-0.2, -0.15) is 0 Å². The van der Waals surface area contributed by atoms with E-state index in [2.05, 4.69) is 9.97 Å². The number of halogens is 2. The van der Waals surface area contributed by atoms with Gasteiger partial charge in [-0.3, -0.25) is 9.78 Å². The van der Waals surface area contributed by atoms with Crippen LogP contribution in [0, 0.1) is 0 Å². The van der Waals surface area contributed by atoms with E-state index in [9.17, 15) is 13.6 Å². The molecular weight excluding hydrogens is 208 g/mol. The summed E-state index contributed by atoms with van der Waals surface area (Å²) in [5.41, 5.74) is 4.98. The van der Waals surface area contributed by atoms with Crippen LogP contribution in [0.5, 0.6) is 0 Å². The van der Waals surface area contributed by atoms with Crippen molar-refractivity contribution in [1.29, 1.82) is 0 Å². The van der Waals surface area contributed by atoms with E-state index in [0.717, 1.165) is 6.20 Å². The van der Waals surface area contributed by atoms with Gasteiger partial charge in [-0.05, 0) is 0 Å². The molecule has 0 fully saturated rings. The molecule has 1 heterocycles. The third-order valence-electron chi connectivity index (χ3n) is 1.67. The zero-order valence-corrected chi connectivity index (χ0v) is 7.60. The molecule has 3 N–H and O–H groups in total. The fraction of sp³-hybridized carbons (Fsp3) is 0.375. The van der Waals surface area contributed by atoms with Crippen LogP contribution in [0.1, 0.15) is 30.3 Å². The van der Waals surface area contributed by atoms with Crippen LogP contribution in [0.25, 0.3) is 0 Å². The van der Waals surface area contributed by atoms with Crippen molar-refractivity contribution in [3.63, 3.8) is 0 Å². The summed E-state index contributed by atoms with van der Waals surface area (Å²) < 4.78 is 24.4. The summed E-state index contributed by atoms with van der Waals surface area (Å²) in [5.74, 6) is -1.12. The number of hydrogen-bond acceptors (Lipinski definition) is 4. The molecule has 0 aromatic carbocycles. The minimum atomic E-state index is -2.74. The largest absolute Gasteiger partial charge is 0.481 e. The highest BCUT2D eigenvalue weighted by Crippen LogP contribution is 2.17. The van der Waals surface area contributed by atoms with Crippen LogP contribution in [0.2, 0.25) is 0 Å². The number of carboxylic acid groups (broad SMARTS) is 1. The monoisotopic (exact) mass is 217 g/mol. The van der Waals surface area contributed by atoms with Gasteiger partial charge in [0.05, 0.1) is 30.6 Å². The average Bonchev–Trinajstić information content (AvgIpc) is 2.17. The number of carbonyl (C=O) groups is 1. The lowest BCUT2D eigenvalue weighted by molar-refractivity contribution is -0.137. The number of nitrogens with zero attached hydrogens (tertiary/aromatic N) is 2. The maximum absolute atomic E-state index is 12.2. The van der Waals surface area contributed by atoms with E-state index in [1.54, 1.807) is 0 Å². The Bertz CT molecular complexity index is 359. The molecule has 0 aliphatic heterocycles. The van der Waals surface area contributed by atoms with Crippen LogP contribution in [0.15, 0.2) is 12.4 Å². The van der Waals surface area contributed by atoms with Crippen molar-refractivity contribution in [3.8, 4) is 0 Å². The fourth-order valence-corrected chi connectivity index (χ4v) is 0.973. The first-order valence-electron chi connectivity index (χ1n) is 4.08. The molecule has 0 radical (unpaired) electrons. The van der Waals surface area contributed by atoms with E-state index in [1.807, 2.05) is 0 Å². The van der Waals surface area contributed by atoms with E-state index in [-0.39, 0.29) is 12.1 Å². The summed E-state index contributed by atoms with van der Waals surface area (Å²) >= 11 is 0. The summed E-state index contributed by atoms with van der Waals surface area (Å²) in [6, 6.07) is -0.923. The molecule has 1 unspecified atom stereocenters. The second-order valence-corrected chi connectivity index (χ2v) is 2.87. The zero-order chi connectivity index (χ0) is 11.4. The normalized spacial score (nSPS) is 12.8. The Labute approximate surface area is 84.0 Å². The highest BCUT2D eigenvalue weighted by molar-refractivity contribution is 5.67. The first-order valence-corrected chi connectivity index (χ1v) is 4.08. The van der Waals surface area contributed by atoms with Crippen LogP contribution >= 0.6 is 0 Å². The summed E-state index contributed by atoms with van der Waals surface area (Å²) in [5, 5.41) is 8.45. The lowest BCUT2D eigenvalue weighted by Gasteiger charge is -2.08. The molecular formula is C8H9F2N3O2. The summed E-state index contributed by atoms with van der Waals surface area (Å²) in [6.45, 7) is 0. The SMILES string of the molecule is NC(CC(=O)O)c1cncc(C(F)F)n1. The van der Waals surface area contributed by atoms with E-state index in [4.69, 9.17) is 10.8 Å². The topological polar surface area (TPSA) is 89.1 Å².